The van der Waals surface area contributed by atoms with Crippen LogP contribution in [0.15, 0.2) is 24.3 Å². The average Bonchev–Trinajstić information content (AvgIpc) is 2.01. The molecule has 0 aliphatic rings. The molecule has 0 radical (unpaired) electrons. The van der Waals surface area contributed by atoms with Crippen molar-refractivity contribution in [1.29, 1.82) is 0 Å². The smallest absolute Gasteiger partial charge is 0.445 e. The minimum absolute atomic E-state index is 0.272. The summed E-state index contributed by atoms with van der Waals surface area (Å²) in [5.41, 5.74) is -0.688. The zero-order valence-electron chi connectivity index (χ0n) is 7.88. The molecule has 0 atom stereocenters. The largest absolute Gasteiger partial charge is 0.509 e. The lowest BCUT2D eigenvalue weighted by molar-refractivity contribution is 0.501. The van der Waals surface area contributed by atoms with Gasteiger partial charge in [0.2, 0.25) is 0 Å². The molecule has 6 heteroatoms. The van der Waals surface area contributed by atoms with Gasteiger partial charge in [-0.15, -0.1) is 5.46 Å². The minimum Gasteiger partial charge on any atom is -0.445 e. The molecule has 0 unspecified atom stereocenters. The molecule has 0 amide bonds. The predicted molar refractivity (Wildman–Crippen MR) is 54.2 cm³/mol. The van der Waals surface area contributed by atoms with Gasteiger partial charge >= 0.3 is 6.98 Å². The van der Waals surface area contributed by atoms with E-state index < -0.39 is 19.6 Å². The van der Waals surface area contributed by atoms with Gasteiger partial charge in [0, 0.05) is 5.30 Å². The van der Waals surface area contributed by atoms with Crippen LogP contribution in [0, 0.1) is 0 Å². The van der Waals surface area contributed by atoms with Gasteiger partial charge in [-0.25, -0.2) is 0 Å². The Morgan fingerprint density at radius 2 is 1.79 bits per heavy atom. The topological polar surface area (TPSA) is 17.1 Å². The first kappa shape index (κ1) is 11.4. The predicted octanol–water partition coefficient (Wildman–Crippen LogP) is 1.99. The van der Waals surface area contributed by atoms with E-state index in [0.717, 1.165) is 12.1 Å². The Morgan fingerprint density at radius 3 is 2.21 bits per heavy atom. The zero-order chi connectivity index (χ0) is 11.0. The van der Waals surface area contributed by atoms with Gasteiger partial charge in [-0.1, -0.05) is 24.3 Å². The van der Waals surface area contributed by atoms with E-state index in [1.807, 2.05) is 0 Å². The van der Waals surface area contributed by atoms with Crippen molar-refractivity contribution in [3.63, 3.8) is 0 Å². The first-order chi connectivity index (χ1) is 6.21. The third-order valence-corrected chi connectivity index (χ3v) is 3.39. The Bertz CT molecular complexity index is 382. The summed E-state index contributed by atoms with van der Waals surface area (Å²) in [4.78, 5) is 0. The van der Waals surface area contributed by atoms with E-state index in [-0.39, 0.29) is 5.30 Å². The van der Waals surface area contributed by atoms with Crippen molar-refractivity contribution in [1.82, 2.24) is 0 Å². The molecule has 0 saturated carbocycles. The summed E-state index contributed by atoms with van der Waals surface area (Å²) >= 11 is 0. The van der Waals surface area contributed by atoms with E-state index in [4.69, 9.17) is 0 Å². The van der Waals surface area contributed by atoms with E-state index in [9.17, 15) is 17.5 Å². The van der Waals surface area contributed by atoms with Crippen molar-refractivity contribution < 1.29 is 17.5 Å². The van der Waals surface area contributed by atoms with Crippen LogP contribution < -0.4 is 10.8 Å². The molecule has 1 aromatic rings. The van der Waals surface area contributed by atoms with Crippen LogP contribution in [0.3, 0.4) is 0 Å². The van der Waals surface area contributed by atoms with E-state index in [1.54, 1.807) is 0 Å². The van der Waals surface area contributed by atoms with Crippen molar-refractivity contribution in [2.24, 2.45) is 0 Å². The van der Waals surface area contributed by atoms with Crippen molar-refractivity contribution in [3.05, 3.63) is 24.3 Å². The minimum atomic E-state index is -5.00. The van der Waals surface area contributed by atoms with Gasteiger partial charge in [0.1, 0.15) is 7.14 Å². The van der Waals surface area contributed by atoms with Crippen LogP contribution in [0.5, 0.6) is 0 Å². The molecular formula is C8H10BF3OP-. The highest BCUT2D eigenvalue weighted by Gasteiger charge is 2.26. The standard InChI is InChI=1S/C8H10BF3OP/c1-14(2,13)8-5-3-4-7(6-8)9(10,11)12/h3-6H,1-2H3/q-1. The molecule has 0 heterocycles. The molecule has 0 spiro atoms. The van der Waals surface area contributed by atoms with Crippen LogP contribution in [0.2, 0.25) is 0 Å². The molecule has 0 aliphatic heterocycles. The highest BCUT2D eigenvalue weighted by Crippen LogP contribution is 2.34. The summed E-state index contributed by atoms with van der Waals surface area (Å²) in [5, 5.41) is 0.272. The summed E-state index contributed by atoms with van der Waals surface area (Å²) in [7, 11) is -2.60. The summed E-state index contributed by atoms with van der Waals surface area (Å²) in [6.07, 6.45) is 0. The molecule has 0 bridgehead atoms. The van der Waals surface area contributed by atoms with Crippen LogP contribution in [-0.4, -0.2) is 20.3 Å². The second-order valence-corrected chi connectivity index (χ2v) is 6.74. The van der Waals surface area contributed by atoms with Crippen LogP contribution in [0.4, 0.5) is 12.9 Å². The fraction of sp³-hybridized carbons (Fsp3) is 0.250. The molecule has 14 heavy (non-hydrogen) atoms. The second-order valence-electron chi connectivity index (χ2n) is 3.52. The number of hydrogen-bond acceptors (Lipinski definition) is 1. The lowest BCUT2D eigenvalue weighted by Crippen LogP contribution is -2.35. The Morgan fingerprint density at radius 1 is 1.21 bits per heavy atom. The van der Waals surface area contributed by atoms with Crippen LogP contribution in [0.1, 0.15) is 0 Å². The van der Waals surface area contributed by atoms with Crippen LogP contribution >= 0.6 is 7.14 Å². The molecule has 1 nitrogen and oxygen atoms in total. The van der Waals surface area contributed by atoms with Crippen LogP contribution in [-0.2, 0) is 4.57 Å². The third-order valence-electron chi connectivity index (χ3n) is 1.87. The summed E-state index contributed by atoms with van der Waals surface area (Å²) in [5.74, 6) is 0. The van der Waals surface area contributed by atoms with Gasteiger partial charge in [-0.2, -0.15) is 0 Å². The first-order valence-electron chi connectivity index (χ1n) is 4.07. The number of benzene rings is 1. The summed E-state index contributed by atoms with van der Waals surface area (Å²) < 4.78 is 48.5. The fourth-order valence-electron chi connectivity index (χ4n) is 1.06. The Balaban J connectivity index is 3.22. The van der Waals surface area contributed by atoms with Gasteiger partial charge in [0.05, 0.1) is 0 Å². The van der Waals surface area contributed by atoms with Gasteiger partial charge in [-0.05, 0) is 13.3 Å². The molecule has 1 rings (SSSR count). The number of halogens is 3. The van der Waals surface area contributed by atoms with Crippen molar-refractivity contribution in [2.45, 2.75) is 0 Å². The van der Waals surface area contributed by atoms with E-state index >= 15 is 0 Å². The second kappa shape index (κ2) is 3.46. The molecule has 0 fully saturated rings. The van der Waals surface area contributed by atoms with Crippen molar-refractivity contribution >= 4 is 24.9 Å². The number of rotatable bonds is 2. The van der Waals surface area contributed by atoms with Gasteiger partial charge in [0.25, 0.3) is 0 Å². The van der Waals surface area contributed by atoms with Gasteiger partial charge in [-0.3, -0.25) is 0 Å². The summed E-state index contributed by atoms with van der Waals surface area (Å²) in [6, 6.07) is 4.73. The molecule has 1 aromatic carbocycles. The molecule has 78 valence electrons. The maximum atomic E-state index is 12.3. The average molecular weight is 221 g/mol. The van der Waals surface area contributed by atoms with E-state index in [1.165, 1.54) is 25.5 Å². The quantitative estimate of drug-likeness (QED) is 0.551. The lowest BCUT2D eigenvalue weighted by Gasteiger charge is -2.16. The third kappa shape index (κ3) is 2.64. The normalized spacial score (nSPS) is 12.9. The Labute approximate surface area is 80.8 Å². The molecule has 0 aromatic heterocycles. The van der Waals surface area contributed by atoms with Gasteiger partial charge < -0.3 is 17.5 Å². The SMILES string of the molecule is CP(C)(=O)c1cccc([B-](F)(F)F)c1. The highest BCUT2D eigenvalue weighted by molar-refractivity contribution is 7.70. The maximum Gasteiger partial charge on any atom is 0.509 e. The Hall–Kier alpha value is -0.695. The molecule has 0 N–H and O–H groups in total. The monoisotopic (exact) mass is 221 g/mol. The molecular weight excluding hydrogens is 211 g/mol. The van der Waals surface area contributed by atoms with E-state index in [2.05, 4.69) is 0 Å². The Kier molecular flexibility index (Phi) is 2.82. The number of hydrogen-bond donors (Lipinski definition) is 0. The zero-order valence-corrected chi connectivity index (χ0v) is 8.77. The van der Waals surface area contributed by atoms with Crippen molar-refractivity contribution in [3.8, 4) is 0 Å². The van der Waals surface area contributed by atoms with Crippen molar-refractivity contribution in [2.75, 3.05) is 13.3 Å². The molecule has 0 aliphatic carbocycles. The fourth-order valence-corrected chi connectivity index (χ4v) is 1.97. The highest BCUT2D eigenvalue weighted by atomic mass is 31.2. The maximum absolute atomic E-state index is 12.3. The lowest BCUT2D eigenvalue weighted by atomic mass is 9.80. The molecule has 0 saturated heterocycles. The van der Waals surface area contributed by atoms with E-state index in [0.29, 0.717) is 0 Å². The summed E-state index contributed by atoms with van der Waals surface area (Å²) in [6.45, 7) is -2.09. The first-order valence-corrected chi connectivity index (χ1v) is 6.67. The van der Waals surface area contributed by atoms with Crippen LogP contribution in [0.25, 0.3) is 0 Å². The van der Waals surface area contributed by atoms with Gasteiger partial charge in [0.15, 0.2) is 0 Å².